The van der Waals surface area contributed by atoms with Gasteiger partial charge in [-0.05, 0) is 24.7 Å². The Hall–Kier alpha value is -1.28. The highest BCUT2D eigenvalue weighted by Gasteiger charge is 2.20. The summed E-state index contributed by atoms with van der Waals surface area (Å²) in [6.45, 7) is 5.86. The number of rotatable bonds is 4. The molecule has 1 aromatic carbocycles. The minimum Gasteiger partial charge on any atom is -0.488 e. The van der Waals surface area contributed by atoms with Crippen LogP contribution in [0.25, 0.3) is 0 Å². The van der Waals surface area contributed by atoms with Crippen LogP contribution in [0.1, 0.15) is 12.5 Å². The first-order valence-electron chi connectivity index (χ1n) is 7.04. The van der Waals surface area contributed by atoms with E-state index in [-0.39, 0.29) is 17.7 Å². The van der Waals surface area contributed by atoms with Crippen LogP contribution in [-0.2, 0) is 4.74 Å². The van der Waals surface area contributed by atoms with Gasteiger partial charge in [-0.25, -0.2) is 4.39 Å². The van der Waals surface area contributed by atoms with Crippen LogP contribution in [0.5, 0.6) is 5.75 Å². The van der Waals surface area contributed by atoms with Crippen LogP contribution in [0.4, 0.5) is 4.39 Å². The second-order valence-electron chi connectivity index (χ2n) is 4.78. The number of ether oxygens (including phenoxy) is 2. The molecule has 1 aromatic rings. The van der Waals surface area contributed by atoms with Crippen molar-refractivity contribution in [2.75, 3.05) is 38.7 Å². The molecule has 1 saturated heterocycles. The number of benzene rings is 1. The summed E-state index contributed by atoms with van der Waals surface area (Å²) in [5.74, 6) is 5.64. The Bertz CT molecular complexity index is 527. The van der Waals surface area contributed by atoms with Gasteiger partial charge in [0, 0.05) is 18.7 Å². The first-order valence-corrected chi connectivity index (χ1v) is 7.57. The van der Waals surface area contributed by atoms with Crippen molar-refractivity contribution < 1.29 is 13.9 Å². The quantitative estimate of drug-likeness (QED) is 0.630. The predicted molar refractivity (Wildman–Crippen MR) is 81.3 cm³/mol. The van der Waals surface area contributed by atoms with Crippen LogP contribution in [0.3, 0.4) is 0 Å². The Morgan fingerprint density at radius 3 is 3.14 bits per heavy atom. The normalized spacial score (nSPS) is 18.9. The topological polar surface area (TPSA) is 21.7 Å². The summed E-state index contributed by atoms with van der Waals surface area (Å²) < 4.78 is 24.9. The van der Waals surface area contributed by atoms with E-state index in [2.05, 4.69) is 23.7 Å². The lowest BCUT2D eigenvalue weighted by Gasteiger charge is -2.31. The molecule has 5 heteroatoms. The van der Waals surface area contributed by atoms with E-state index in [0.29, 0.717) is 18.8 Å². The lowest BCUT2D eigenvalue weighted by molar-refractivity contribution is -0.0468. The number of hydrogen-bond acceptors (Lipinski definition) is 3. The Morgan fingerprint density at radius 2 is 2.38 bits per heavy atom. The molecule has 1 fully saturated rings. The maximum absolute atomic E-state index is 13.7. The second-order valence-corrected chi connectivity index (χ2v) is 5.04. The van der Waals surface area contributed by atoms with Gasteiger partial charge >= 0.3 is 0 Å². The molecule has 0 aromatic heterocycles. The number of halogens is 2. The van der Waals surface area contributed by atoms with E-state index >= 15 is 0 Å². The van der Waals surface area contributed by atoms with Gasteiger partial charge in [-0.3, -0.25) is 4.90 Å². The maximum atomic E-state index is 13.7. The summed E-state index contributed by atoms with van der Waals surface area (Å²) in [6.07, 6.45) is -0.0318. The van der Waals surface area contributed by atoms with Crippen LogP contribution in [-0.4, -0.2) is 49.7 Å². The van der Waals surface area contributed by atoms with Gasteiger partial charge < -0.3 is 9.47 Å². The van der Waals surface area contributed by atoms with E-state index in [1.54, 1.807) is 12.1 Å². The second kappa shape index (κ2) is 8.23. The van der Waals surface area contributed by atoms with Crippen LogP contribution in [0, 0.1) is 17.7 Å². The fourth-order valence-corrected chi connectivity index (χ4v) is 2.25. The molecule has 1 heterocycles. The zero-order chi connectivity index (χ0) is 15.1. The highest BCUT2D eigenvalue weighted by molar-refractivity contribution is 6.19. The number of likely N-dealkylation sites (N-methyl/N-ethyl adjacent to an activating group) is 1. The van der Waals surface area contributed by atoms with Crippen molar-refractivity contribution in [1.82, 2.24) is 4.90 Å². The van der Waals surface area contributed by atoms with Crippen molar-refractivity contribution in [3.8, 4) is 17.6 Å². The molecule has 3 nitrogen and oxygen atoms in total. The monoisotopic (exact) mass is 311 g/mol. The molecule has 0 bridgehead atoms. The molecular formula is C16H19ClFNO2. The standard InChI is InChI=1S/C16H19ClFNO2/c1-2-19-8-9-20-14(11-19)12-21-16-10-13(4-3-7-17)5-6-15(16)18/h5-6,10,14H,2,7-9,11-12H2,1H3. The van der Waals surface area contributed by atoms with Gasteiger partial charge in [0.1, 0.15) is 12.7 Å². The molecule has 1 atom stereocenters. The first kappa shape index (κ1) is 16.1. The Labute approximate surface area is 130 Å². The highest BCUT2D eigenvalue weighted by Crippen LogP contribution is 2.19. The number of nitrogens with zero attached hydrogens (tertiary/aromatic N) is 1. The van der Waals surface area contributed by atoms with Gasteiger partial charge in [-0.2, -0.15) is 0 Å². The van der Waals surface area contributed by atoms with Crippen molar-refractivity contribution in [3.05, 3.63) is 29.6 Å². The molecule has 114 valence electrons. The van der Waals surface area contributed by atoms with E-state index in [4.69, 9.17) is 21.1 Å². The average molecular weight is 312 g/mol. The van der Waals surface area contributed by atoms with Gasteiger partial charge in [-0.1, -0.05) is 18.8 Å². The fourth-order valence-electron chi connectivity index (χ4n) is 2.18. The molecule has 0 amide bonds. The lowest BCUT2D eigenvalue weighted by Crippen LogP contribution is -2.44. The van der Waals surface area contributed by atoms with Crippen molar-refractivity contribution in [1.29, 1.82) is 0 Å². The Kier molecular flexibility index (Phi) is 6.31. The molecule has 1 aliphatic rings. The summed E-state index contributed by atoms with van der Waals surface area (Å²) >= 11 is 5.51. The summed E-state index contributed by atoms with van der Waals surface area (Å²) in [6, 6.07) is 4.56. The third-order valence-corrected chi connectivity index (χ3v) is 3.46. The van der Waals surface area contributed by atoms with Crippen molar-refractivity contribution >= 4 is 11.6 Å². The average Bonchev–Trinajstić information content (AvgIpc) is 2.53. The molecule has 0 radical (unpaired) electrons. The summed E-state index contributed by atoms with van der Waals surface area (Å²) in [4.78, 5) is 2.29. The van der Waals surface area contributed by atoms with Crippen LogP contribution >= 0.6 is 11.6 Å². The van der Waals surface area contributed by atoms with E-state index < -0.39 is 5.82 Å². The lowest BCUT2D eigenvalue weighted by atomic mass is 10.2. The largest absolute Gasteiger partial charge is 0.488 e. The highest BCUT2D eigenvalue weighted by atomic mass is 35.5. The number of hydrogen-bond donors (Lipinski definition) is 0. The van der Waals surface area contributed by atoms with Gasteiger partial charge in [-0.15, -0.1) is 11.6 Å². The van der Waals surface area contributed by atoms with Gasteiger partial charge in [0.15, 0.2) is 11.6 Å². The van der Waals surface area contributed by atoms with E-state index in [0.717, 1.165) is 19.6 Å². The minimum atomic E-state index is -0.394. The predicted octanol–water partition coefficient (Wildman–Crippen LogP) is 2.52. The SMILES string of the molecule is CCN1CCOC(COc2cc(C#CCCl)ccc2F)C1. The van der Waals surface area contributed by atoms with Crippen molar-refractivity contribution in [2.24, 2.45) is 0 Å². The Morgan fingerprint density at radius 1 is 1.52 bits per heavy atom. The molecule has 0 N–H and O–H groups in total. The molecule has 1 aliphatic heterocycles. The minimum absolute atomic E-state index is 0.0318. The molecule has 0 aliphatic carbocycles. The molecule has 21 heavy (non-hydrogen) atoms. The summed E-state index contributed by atoms with van der Waals surface area (Å²) in [5, 5.41) is 0. The van der Waals surface area contributed by atoms with Gasteiger partial charge in [0.25, 0.3) is 0 Å². The first-order chi connectivity index (χ1) is 10.2. The van der Waals surface area contributed by atoms with Gasteiger partial charge in [0.05, 0.1) is 12.5 Å². The third-order valence-electron chi connectivity index (χ3n) is 3.33. The maximum Gasteiger partial charge on any atom is 0.165 e. The van der Waals surface area contributed by atoms with Gasteiger partial charge in [0.2, 0.25) is 0 Å². The molecule has 2 rings (SSSR count). The zero-order valence-corrected chi connectivity index (χ0v) is 12.8. The van der Waals surface area contributed by atoms with Crippen molar-refractivity contribution in [2.45, 2.75) is 13.0 Å². The van der Waals surface area contributed by atoms with E-state index in [9.17, 15) is 4.39 Å². The fraction of sp³-hybridized carbons (Fsp3) is 0.500. The molecule has 0 spiro atoms. The Balaban J connectivity index is 1.95. The number of morpholine rings is 1. The number of alkyl halides is 1. The van der Waals surface area contributed by atoms with Crippen LogP contribution in [0.15, 0.2) is 18.2 Å². The zero-order valence-electron chi connectivity index (χ0n) is 12.1. The third kappa shape index (κ3) is 4.89. The summed E-state index contributed by atoms with van der Waals surface area (Å²) in [5.41, 5.74) is 0.687. The summed E-state index contributed by atoms with van der Waals surface area (Å²) in [7, 11) is 0. The van der Waals surface area contributed by atoms with Crippen LogP contribution < -0.4 is 4.74 Å². The van der Waals surface area contributed by atoms with E-state index in [1.807, 2.05) is 0 Å². The molecule has 0 saturated carbocycles. The van der Waals surface area contributed by atoms with Crippen molar-refractivity contribution in [3.63, 3.8) is 0 Å². The smallest absolute Gasteiger partial charge is 0.165 e. The van der Waals surface area contributed by atoms with E-state index in [1.165, 1.54) is 6.07 Å². The van der Waals surface area contributed by atoms with Crippen LogP contribution in [0.2, 0.25) is 0 Å². The molecular weight excluding hydrogens is 293 g/mol. The molecule has 1 unspecified atom stereocenters.